The lowest BCUT2D eigenvalue weighted by atomic mass is 10.2. The van der Waals surface area contributed by atoms with E-state index in [1.54, 1.807) is 12.1 Å². The lowest BCUT2D eigenvalue weighted by Gasteiger charge is -2.02. The van der Waals surface area contributed by atoms with Gasteiger partial charge in [-0.15, -0.1) is 0 Å². The van der Waals surface area contributed by atoms with Gasteiger partial charge in [0.1, 0.15) is 17.2 Å². The van der Waals surface area contributed by atoms with Crippen LogP contribution in [0.2, 0.25) is 0 Å². The number of amides is 1. The van der Waals surface area contributed by atoms with Crippen LogP contribution in [0.25, 0.3) is 0 Å². The number of hydrogen-bond donors (Lipinski definition) is 4. The summed E-state index contributed by atoms with van der Waals surface area (Å²) in [4.78, 5) is 11.7. The Kier molecular flexibility index (Phi) is 3.85. The molecule has 0 aliphatic heterocycles. The summed E-state index contributed by atoms with van der Waals surface area (Å²) in [5.74, 6) is -0.950. The van der Waals surface area contributed by atoms with Gasteiger partial charge in [-0.1, -0.05) is 12.1 Å². The van der Waals surface area contributed by atoms with E-state index in [-0.39, 0.29) is 22.8 Å². The number of nitrogens with one attached hydrogen (secondary N) is 1. The van der Waals surface area contributed by atoms with E-state index in [9.17, 15) is 15.0 Å². The quantitative estimate of drug-likeness (QED) is 0.503. The van der Waals surface area contributed by atoms with Crippen molar-refractivity contribution in [3.8, 4) is 17.2 Å². The highest BCUT2D eigenvalue weighted by Crippen LogP contribution is 2.20. The average Bonchev–Trinajstić information content (AvgIpc) is 2.41. The first-order chi connectivity index (χ1) is 9.58. The number of para-hydroxylation sites is 1. The molecule has 4 N–H and O–H groups in total. The second-order valence-corrected chi connectivity index (χ2v) is 3.96. The average molecular weight is 272 g/mol. The molecule has 0 radical (unpaired) electrons. The summed E-state index contributed by atoms with van der Waals surface area (Å²) in [7, 11) is 0. The van der Waals surface area contributed by atoms with Gasteiger partial charge in [0.05, 0.1) is 11.8 Å². The van der Waals surface area contributed by atoms with Crippen LogP contribution >= 0.6 is 0 Å². The number of hydrogen-bond acceptors (Lipinski definition) is 5. The zero-order valence-corrected chi connectivity index (χ0v) is 10.3. The van der Waals surface area contributed by atoms with Crippen molar-refractivity contribution in [3.63, 3.8) is 0 Å². The predicted molar refractivity (Wildman–Crippen MR) is 72.9 cm³/mol. The molecule has 0 aliphatic carbocycles. The van der Waals surface area contributed by atoms with Crippen molar-refractivity contribution in [2.24, 2.45) is 5.10 Å². The van der Waals surface area contributed by atoms with Crippen molar-refractivity contribution in [2.45, 2.75) is 0 Å². The first-order valence-electron chi connectivity index (χ1n) is 5.71. The molecular weight excluding hydrogens is 260 g/mol. The summed E-state index contributed by atoms with van der Waals surface area (Å²) < 4.78 is 0. The molecule has 102 valence electrons. The Morgan fingerprint density at radius 2 is 1.80 bits per heavy atom. The third kappa shape index (κ3) is 3.05. The van der Waals surface area contributed by atoms with E-state index in [0.29, 0.717) is 5.56 Å². The van der Waals surface area contributed by atoms with Crippen molar-refractivity contribution in [1.82, 2.24) is 5.43 Å². The Morgan fingerprint density at radius 3 is 2.50 bits per heavy atom. The Labute approximate surface area is 114 Å². The fraction of sp³-hybridized carbons (Fsp3) is 0. The van der Waals surface area contributed by atoms with Crippen LogP contribution in [0, 0.1) is 0 Å². The van der Waals surface area contributed by atoms with Gasteiger partial charge in [-0.2, -0.15) is 5.10 Å². The van der Waals surface area contributed by atoms with Crippen LogP contribution < -0.4 is 5.43 Å². The second-order valence-electron chi connectivity index (χ2n) is 3.96. The Morgan fingerprint density at radius 1 is 1.05 bits per heavy atom. The molecule has 0 spiro atoms. The van der Waals surface area contributed by atoms with E-state index in [1.807, 2.05) is 0 Å². The Hall–Kier alpha value is -3.02. The third-order valence-corrected chi connectivity index (χ3v) is 2.53. The largest absolute Gasteiger partial charge is 0.508 e. The van der Waals surface area contributed by atoms with Crippen LogP contribution in [-0.2, 0) is 0 Å². The number of phenols is 3. The topological polar surface area (TPSA) is 102 Å². The first kappa shape index (κ1) is 13.4. The summed E-state index contributed by atoms with van der Waals surface area (Å²) in [6.07, 6.45) is 1.23. The molecule has 6 heteroatoms. The number of aromatic hydroxyl groups is 3. The molecule has 20 heavy (non-hydrogen) atoms. The van der Waals surface area contributed by atoms with Gasteiger partial charge in [0.15, 0.2) is 0 Å². The maximum Gasteiger partial charge on any atom is 0.275 e. The van der Waals surface area contributed by atoms with E-state index >= 15 is 0 Å². The molecule has 2 rings (SSSR count). The highest BCUT2D eigenvalue weighted by Gasteiger charge is 2.08. The lowest BCUT2D eigenvalue weighted by molar-refractivity contribution is 0.0952. The highest BCUT2D eigenvalue weighted by atomic mass is 16.3. The van der Waals surface area contributed by atoms with Gasteiger partial charge in [0.25, 0.3) is 5.91 Å². The molecule has 0 aromatic heterocycles. The van der Waals surface area contributed by atoms with Gasteiger partial charge in [-0.3, -0.25) is 4.79 Å². The van der Waals surface area contributed by atoms with Crippen LogP contribution in [0.5, 0.6) is 17.2 Å². The van der Waals surface area contributed by atoms with Crippen molar-refractivity contribution >= 4 is 12.1 Å². The zero-order valence-electron chi connectivity index (χ0n) is 10.3. The van der Waals surface area contributed by atoms with Gasteiger partial charge in [-0.25, -0.2) is 5.43 Å². The fourth-order valence-corrected chi connectivity index (χ4v) is 1.53. The van der Waals surface area contributed by atoms with Crippen molar-refractivity contribution in [3.05, 3.63) is 53.6 Å². The third-order valence-electron chi connectivity index (χ3n) is 2.53. The molecule has 1 amide bonds. The first-order valence-corrected chi connectivity index (χ1v) is 5.71. The maximum atomic E-state index is 11.7. The maximum absolute atomic E-state index is 11.7. The van der Waals surface area contributed by atoms with Crippen LogP contribution in [0.4, 0.5) is 0 Å². The smallest absolute Gasteiger partial charge is 0.275 e. The molecule has 0 saturated heterocycles. The number of rotatable bonds is 3. The number of benzene rings is 2. The number of hydrazone groups is 1. The molecular formula is C14H12N2O4. The van der Waals surface area contributed by atoms with Crippen molar-refractivity contribution in [1.29, 1.82) is 0 Å². The van der Waals surface area contributed by atoms with Gasteiger partial charge in [-0.05, 0) is 24.3 Å². The number of carbonyl (C=O) groups is 1. The number of phenolic OH excluding ortho intramolecular Hbond substituents is 3. The van der Waals surface area contributed by atoms with Gasteiger partial charge in [0.2, 0.25) is 0 Å². The van der Waals surface area contributed by atoms with Gasteiger partial charge < -0.3 is 15.3 Å². The van der Waals surface area contributed by atoms with Crippen LogP contribution in [0.1, 0.15) is 15.9 Å². The molecule has 6 nitrogen and oxygen atoms in total. The molecule has 0 aliphatic rings. The summed E-state index contributed by atoms with van der Waals surface area (Å²) in [6.45, 7) is 0. The summed E-state index contributed by atoms with van der Waals surface area (Å²) in [6, 6.07) is 10.1. The van der Waals surface area contributed by atoms with E-state index in [4.69, 9.17) is 5.11 Å². The Bertz CT molecular complexity index is 668. The SMILES string of the molecule is O=C(NN=Cc1ccc(O)cc1O)c1ccccc1O. The van der Waals surface area contributed by atoms with Crippen LogP contribution in [0.15, 0.2) is 47.6 Å². The molecule has 0 atom stereocenters. The zero-order chi connectivity index (χ0) is 14.5. The molecule has 0 heterocycles. The Balaban J connectivity index is 2.07. The second kappa shape index (κ2) is 5.75. The summed E-state index contributed by atoms with van der Waals surface area (Å²) in [5, 5.41) is 31.8. The van der Waals surface area contributed by atoms with Crippen LogP contribution in [0.3, 0.4) is 0 Å². The highest BCUT2D eigenvalue weighted by molar-refractivity contribution is 5.97. The molecule has 0 fully saturated rings. The van der Waals surface area contributed by atoms with Gasteiger partial charge >= 0.3 is 0 Å². The fourth-order valence-electron chi connectivity index (χ4n) is 1.53. The van der Waals surface area contributed by atoms with Crippen molar-refractivity contribution < 1.29 is 20.1 Å². The van der Waals surface area contributed by atoms with E-state index in [0.717, 1.165) is 6.07 Å². The van der Waals surface area contributed by atoms with Crippen LogP contribution in [-0.4, -0.2) is 27.4 Å². The van der Waals surface area contributed by atoms with E-state index < -0.39 is 5.91 Å². The summed E-state index contributed by atoms with van der Waals surface area (Å²) >= 11 is 0. The predicted octanol–water partition coefficient (Wildman–Crippen LogP) is 1.57. The normalized spacial score (nSPS) is 10.6. The molecule has 0 bridgehead atoms. The molecule has 0 saturated carbocycles. The molecule has 2 aromatic carbocycles. The van der Waals surface area contributed by atoms with E-state index in [2.05, 4.69) is 10.5 Å². The minimum atomic E-state index is -0.572. The monoisotopic (exact) mass is 272 g/mol. The molecule has 0 unspecified atom stereocenters. The minimum Gasteiger partial charge on any atom is -0.508 e. The lowest BCUT2D eigenvalue weighted by Crippen LogP contribution is -2.17. The summed E-state index contributed by atoms with van der Waals surface area (Å²) in [5.41, 5.74) is 2.66. The standard InChI is InChI=1S/C14H12N2O4/c17-10-6-5-9(13(19)7-10)8-15-16-14(20)11-3-1-2-4-12(11)18/h1-8,17-19H,(H,16,20). The molecule has 2 aromatic rings. The van der Waals surface area contributed by atoms with Crippen molar-refractivity contribution in [2.75, 3.05) is 0 Å². The number of carbonyl (C=O) groups excluding carboxylic acids is 1. The van der Waals surface area contributed by atoms with E-state index in [1.165, 1.54) is 30.5 Å². The minimum absolute atomic E-state index is 0.0714. The number of nitrogens with zero attached hydrogens (tertiary/aromatic N) is 1. The van der Waals surface area contributed by atoms with Gasteiger partial charge in [0, 0.05) is 11.6 Å².